The molecule has 4 rings (SSSR count). The maximum absolute atomic E-state index is 13.2. The average Bonchev–Trinajstić information content (AvgIpc) is 2.78. The number of carbonyl (C=O) groups is 1. The predicted octanol–water partition coefficient (Wildman–Crippen LogP) is 4.44. The summed E-state index contributed by atoms with van der Waals surface area (Å²) in [5.41, 5.74) is 0.471. The second kappa shape index (κ2) is 8.29. The second-order valence-electron chi connectivity index (χ2n) is 7.28. The van der Waals surface area contributed by atoms with Crippen LogP contribution in [0.1, 0.15) is 15.9 Å². The lowest BCUT2D eigenvalue weighted by molar-refractivity contribution is -0.138. The lowest BCUT2D eigenvalue weighted by Crippen LogP contribution is -2.49. The Morgan fingerprint density at radius 1 is 0.903 bits per heavy atom. The highest BCUT2D eigenvalue weighted by Crippen LogP contribution is 2.32. The summed E-state index contributed by atoms with van der Waals surface area (Å²) < 4.78 is 39.7. The quantitative estimate of drug-likeness (QED) is 0.672. The number of benzene rings is 2. The van der Waals surface area contributed by atoms with Crippen LogP contribution in [0.25, 0.3) is 11.1 Å². The molecule has 0 unspecified atom stereocenters. The molecular weight excluding hydrogens is 407 g/mol. The zero-order valence-corrected chi connectivity index (χ0v) is 16.5. The van der Waals surface area contributed by atoms with E-state index in [1.807, 2.05) is 23.1 Å². The summed E-state index contributed by atoms with van der Waals surface area (Å²) in [6, 6.07) is 15.5. The second-order valence-corrected chi connectivity index (χ2v) is 7.28. The van der Waals surface area contributed by atoms with Gasteiger partial charge in [0, 0.05) is 37.9 Å². The normalized spacial score (nSPS) is 14.5. The van der Waals surface area contributed by atoms with Crippen molar-refractivity contribution in [2.24, 2.45) is 0 Å². The standard InChI is InChI=1S/C23H20F3N3O2/c24-23(25,26)20-7-2-1-6-19(20)22(31)29-12-10-28(11-13-29)21-9-8-17(15-27-21)16-4-3-5-18(30)14-16/h1-9,14-15,30H,10-13H2. The van der Waals surface area contributed by atoms with Gasteiger partial charge in [0.1, 0.15) is 11.6 Å². The number of phenols is 1. The Balaban J connectivity index is 1.43. The molecule has 8 heteroatoms. The van der Waals surface area contributed by atoms with E-state index in [9.17, 15) is 23.1 Å². The summed E-state index contributed by atoms with van der Waals surface area (Å²) in [4.78, 5) is 20.6. The molecule has 2 aromatic carbocycles. The van der Waals surface area contributed by atoms with E-state index < -0.39 is 17.6 Å². The van der Waals surface area contributed by atoms with E-state index in [0.29, 0.717) is 26.2 Å². The molecule has 1 aliphatic heterocycles. The Morgan fingerprint density at radius 2 is 1.65 bits per heavy atom. The number of phenolic OH excluding ortho intramolecular Hbond substituents is 1. The van der Waals surface area contributed by atoms with Gasteiger partial charge in [0.15, 0.2) is 0 Å². The third-order valence-electron chi connectivity index (χ3n) is 5.28. The first-order chi connectivity index (χ1) is 14.8. The predicted molar refractivity (Wildman–Crippen MR) is 111 cm³/mol. The third kappa shape index (κ3) is 4.47. The minimum absolute atomic E-state index is 0.175. The number of hydrogen-bond donors (Lipinski definition) is 1. The van der Waals surface area contributed by atoms with Crippen LogP contribution in [0.4, 0.5) is 19.0 Å². The van der Waals surface area contributed by atoms with Crippen LogP contribution in [-0.2, 0) is 6.18 Å². The zero-order valence-electron chi connectivity index (χ0n) is 16.5. The average molecular weight is 427 g/mol. The molecule has 31 heavy (non-hydrogen) atoms. The molecule has 5 nitrogen and oxygen atoms in total. The van der Waals surface area contributed by atoms with Crippen molar-refractivity contribution in [3.8, 4) is 16.9 Å². The highest BCUT2D eigenvalue weighted by Gasteiger charge is 2.36. The Bertz CT molecular complexity index is 1080. The molecule has 1 amide bonds. The number of alkyl halides is 3. The van der Waals surface area contributed by atoms with E-state index in [0.717, 1.165) is 23.0 Å². The number of anilines is 1. The van der Waals surface area contributed by atoms with Gasteiger partial charge in [-0.05, 0) is 42.0 Å². The third-order valence-corrected chi connectivity index (χ3v) is 5.28. The molecule has 1 saturated heterocycles. The summed E-state index contributed by atoms with van der Waals surface area (Å²) in [7, 11) is 0. The molecule has 1 fully saturated rings. The molecule has 1 aliphatic rings. The van der Waals surface area contributed by atoms with Gasteiger partial charge in [0.05, 0.1) is 11.1 Å². The van der Waals surface area contributed by atoms with Crippen molar-refractivity contribution < 1.29 is 23.1 Å². The topological polar surface area (TPSA) is 56.7 Å². The van der Waals surface area contributed by atoms with Crippen molar-refractivity contribution in [1.82, 2.24) is 9.88 Å². The van der Waals surface area contributed by atoms with Crippen molar-refractivity contribution in [2.45, 2.75) is 6.18 Å². The monoisotopic (exact) mass is 427 g/mol. The largest absolute Gasteiger partial charge is 0.508 e. The fourth-order valence-electron chi connectivity index (χ4n) is 3.66. The van der Waals surface area contributed by atoms with Crippen molar-refractivity contribution in [2.75, 3.05) is 31.1 Å². The number of aromatic hydroxyl groups is 1. The Morgan fingerprint density at radius 3 is 2.29 bits per heavy atom. The van der Waals surface area contributed by atoms with Gasteiger partial charge in [-0.2, -0.15) is 13.2 Å². The Hall–Kier alpha value is -3.55. The van der Waals surface area contributed by atoms with Gasteiger partial charge in [0.2, 0.25) is 0 Å². The van der Waals surface area contributed by atoms with Crippen molar-refractivity contribution in [3.63, 3.8) is 0 Å². The summed E-state index contributed by atoms with van der Waals surface area (Å²) in [5.74, 6) is 0.293. The van der Waals surface area contributed by atoms with Gasteiger partial charge >= 0.3 is 6.18 Å². The summed E-state index contributed by atoms with van der Waals surface area (Å²) in [6.45, 7) is 1.55. The molecule has 3 aromatic rings. The number of hydrogen-bond acceptors (Lipinski definition) is 4. The summed E-state index contributed by atoms with van der Waals surface area (Å²) in [5, 5.41) is 9.62. The van der Waals surface area contributed by atoms with Crippen molar-refractivity contribution in [1.29, 1.82) is 0 Å². The lowest BCUT2D eigenvalue weighted by Gasteiger charge is -2.35. The molecule has 0 aliphatic carbocycles. The molecule has 1 aromatic heterocycles. The number of pyridine rings is 1. The van der Waals surface area contributed by atoms with E-state index >= 15 is 0 Å². The van der Waals surface area contributed by atoms with Crippen LogP contribution in [-0.4, -0.2) is 47.1 Å². The van der Waals surface area contributed by atoms with Crippen LogP contribution >= 0.6 is 0 Å². The Kier molecular flexibility index (Phi) is 5.54. The highest BCUT2D eigenvalue weighted by molar-refractivity contribution is 5.96. The van der Waals surface area contributed by atoms with Gasteiger partial charge in [0.25, 0.3) is 5.91 Å². The molecule has 0 saturated carbocycles. The molecule has 0 bridgehead atoms. The number of halogens is 3. The maximum Gasteiger partial charge on any atom is 0.417 e. The summed E-state index contributed by atoms with van der Waals surface area (Å²) in [6.07, 6.45) is -2.86. The van der Waals surface area contributed by atoms with E-state index in [-0.39, 0.29) is 11.3 Å². The lowest BCUT2D eigenvalue weighted by atomic mass is 10.1. The smallest absolute Gasteiger partial charge is 0.417 e. The number of rotatable bonds is 3. The summed E-state index contributed by atoms with van der Waals surface area (Å²) >= 11 is 0. The van der Waals surface area contributed by atoms with Crippen LogP contribution in [0.2, 0.25) is 0 Å². The van der Waals surface area contributed by atoms with Crippen LogP contribution in [0.15, 0.2) is 66.9 Å². The van der Waals surface area contributed by atoms with Gasteiger partial charge in [-0.3, -0.25) is 4.79 Å². The SMILES string of the molecule is O=C(c1ccccc1C(F)(F)F)N1CCN(c2ccc(-c3cccc(O)c3)cn2)CC1. The fourth-order valence-corrected chi connectivity index (χ4v) is 3.66. The van der Waals surface area contributed by atoms with Gasteiger partial charge in [-0.25, -0.2) is 4.98 Å². The first-order valence-electron chi connectivity index (χ1n) is 9.79. The van der Waals surface area contributed by atoms with E-state index in [2.05, 4.69) is 4.98 Å². The molecular formula is C23H20F3N3O2. The zero-order chi connectivity index (χ0) is 22.0. The molecule has 0 spiro atoms. The van der Waals surface area contributed by atoms with E-state index in [4.69, 9.17) is 0 Å². The van der Waals surface area contributed by atoms with E-state index in [1.165, 1.54) is 23.1 Å². The first-order valence-corrected chi connectivity index (χ1v) is 9.79. The highest BCUT2D eigenvalue weighted by atomic mass is 19.4. The van der Waals surface area contributed by atoms with Crippen LogP contribution in [0.5, 0.6) is 5.75 Å². The minimum Gasteiger partial charge on any atom is -0.508 e. The number of nitrogens with zero attached hydrogens (tertiary/aromatic N) is 3. The van der Waals surface area contributed by atoms with Gasteiger partial charge in [-0.1, -0.05) is 24.3 Å². The number of aromatic nitrogens is 1. The molecule has 0 atom stereocenters. The first kappa shape index (κ1) is 20.7. The number of piperazine rings is 1. The minimum atomic E-state index is -4.57. The molecule has 160 valence electrons. The number of amides is 1. The Labute approximate surface area is 177 Å². The van der Waals surface area contributed by atoms with Crippen molar-refractivity contribution in [3.05, 3.63) is 78.0 Å². The maximum atomic E-state index is 13.2. The fraction of sp³-hybridized carbons (Fsp3) is 0.217. The van der Waals surface area contributed by atoms with Crippen LogP contribution in [0, 0.1) is 0 Å². The molecule has 2 heterocycles. The van der Waals surface area contributed by atoms with Crippen LogP contribution < -0.4 is 4.90 Å². The molecule has 1 N–H and O–H groups in total. The van der Waals surface area contributed by atoms with E-state index in [1.54, 1.807) is 24.4 Å². The molecule has 0 radical (unpaired) electrons. The van der Waals surface area contributed by atoms with Gasteiger partial charge < -0.3 is 14.9 Å². The van der Waals surface area contributed by atoms with Crippen molar-refractivity contribution >= 4 is 11.7 Å². The van der Waals surface area contributed by atoms with Gasteiger partial charge in [-0.15, -0.1) is 0 Å². The number of carbonyl (C=O) groups excluding carboxylic acids is 1. The van der Waals surface area contributed by atoms with Crippen LogP contribution in [0.3, 0.4) is 0 Å².